The summed E-state index contributed by atoms with van der Waals surface area (Å²) in [6.07, 6.45) is 1.74. The predicted octanol–water partition coefficient (Wildman–Crippen LogP) is 9.16. The SMILES string of the molecule is CCC1OC(C)c2c(-c3ccc(-c4cnc(C5CC(F)(F)CN5C(=O)[C@@H](NC(=O)OC)C(C)C)[nH]4)cc3)ccc(-c3ccc4nc([C@@H]5CC6CC6N5C(=O)[C@@H](NC(=O)OC)C(C)C)[nH]c4c3)c21. The fraction of sp³-hybridized carbons (Fsp3) is 0.480. The lowest BCUT2D eigenvalue weighted by molar-refractivity contribution is -0.137. The van der Waals surface area contributed by atoms with Crippen molar-refractivity contribution in [3.8, 4) is 33.5 Å². The molecule has 0 spiro atoms. The van der Waals surface area contributed by atoms with Crippen LogP contribution in [0.3, 0.4) is 0 Å². The maximum Gasteiger partial charge on any atom is 0.407 e. The average molecular weight is 921 g/mol. The Labute approximate surface area is 387 Å². The second-order valence-electron chi connectivity index (χ2n) is 19.1. The van der Waals surface area contributed by atoms with Gasteiger partial charge in [0, 0.05) is 12.5 Å². The van der Waals surface area contributed by atoms with E-state index in [-0.39, 0.29) is 47.9 Å². The molecule has 9 rings (SSSR count). The van der Waals surface area contributed by atoms with Crippen LogP contribution in [0.2, 0.25) is 0 Å². The molecule has 5 heterocycles. The van der Waals surface area contributed by atoms with E-state index < -0.39 is 55.1 Å². The molecule has 2 saturated heterocycles. The largest absolute Gasteiger partial charge is 0.453 e. The number of hydrogen-bond donors (Lipinski definition) is 4. The number of aromatic nitrogens is 4. The molecule has 3 aliphatic heterocycles. The molecule has 3 fully saturated rings. The van der Waals surface area contributed by atoms with Crippen LogP contribution in [0.5, 0.6) is 0 Å². The molecule has 3 aromatic carbocycles. The lowest BCUT2D eigenvalue weighted by Gasteiger charge is -2.31. The summed E-state index contributed by atoms with van der Waals surface area (Å²) < 4.78 is 46.1. The van der Waals surface area contributed by atoms with Gasteiger partial charge in [-0.15, -0.1) is 0 Å². The number of piperidine rings is 1. The third-order valence-corrected chi connectivity index (χ3v) is 14.0. The van der Waals surface area contributed by atoms with Crippen LogP contribution < -0.4 is 10.6 Å². The number of benzene rings is 3. The molecule has 354 valence electrons. The van der Waals surface area contributed by atoms with Gasteiger partial charge in [-0.1, -0.05) is 77.1 Å². The van der Waals surface area contributed by atoms with E-state index in [1.54, 1.807) is 20.0 Å². The van der Waals surface area contributed by atoms with Gasteiger partial charge >= 0.3 is 12.2 Å². The van der Waals surface area contributed by atoms with Crippen LogP contribution in [0, 0.1) is 17.8 Å². The first-order chi connectivity index (χ1) is 32.0. The molecule has 5 unspecified atom stereocenters. The minimum Gasteiger partial charge on any atom is -0.453 e. The van der Waals surface area contributed by atoms with Crippen molar-refractivity contribution in [3.05, 3.63) is 83.6 Å². The van der Waals surface area contributed by atoms with Crippen molar-refractivity contribution >= 4 is 35.0 Å². The van der Waals surface area contributed by atoms with Crippen molar-refractivity contribution < 1.29 is 42.2 Å². The molecule has 1 aliphatic carbocycles. The van der Waals surface area contributed by atoms with Gasteiger partial charge in [0.1, 0.15) is 23.7 Å². The fourth-order valence-corrected chi connectivity index (χ4v) is 10.5. The number of ether oxygens (including phenoxy) is 3. The molecule has 4 amide bonds. The number of nitrogens with one attached hydrogen (secondary N) is 4. The van der Waals surface area contributed by atoms with E-state index in [9.17, 15) is 28.0 Å². The van der Waals surface area contributed by atoms with Gasteiger partial charge in [0.25, 0.3) is 5.92 Å². The normalized spacial score (nSPS) is 23.6. The third-order valence-electron chi connectivity index (χ3n) is 14.0. The predicted molar refractivity (Wildman–Crippen MR) is 246 cm³/mol. The number of halogens is 2. The maximum atomic E-state index is 15.0. The molecule has 4 aliphatic rings. The van der Waals surface area contributed by atoms with Gasteiger partial charge in [-0.3, -0.25) is 9.59 Å². The highest BCUT2D eigenvalue weighted by Crippen LogP contribution is 2.54. The Bertz CT molecular complexity index is 2720. The summed E-state index contributed by atoms with van der Waals surface area (Å²) in [5, 5.41) is 5.25. The number of methoxy groups -OCH3 is 2. The standard InChI is InChI=1S/C50H58F2N8O7/c1-9-39-41-32(29-14-17-33-34(18-29)55-45(54-33)37-20-30-19-36(30)60(37)47(62)43(25(4)5)58-49(64)66-8)16-15-31(40(41)26(6)67-39)27-10-12-28(13-11-27)35-22-53-44(56-35)38-21-50(51,52)23-59(38)46(61)42(24(2)3)57-48(63)65-7/h10-18,22,24-26,30,36-39,42-43H,9,19-21,23H2,1-8H3,(H,53,56)(H,54,55)(H,57,63)(H,58,64)/t26?,30?,36?,37-,38?,39?,42-,43-/m0/s1. The Morgan fingerprint density at radius 2 is 1.45 bits per heavy atom. The number of likely N-dealkylation sites (tertiary alicyclic amines) is 2. The summed E-state index contributed by atoms with van der Waals surface area (Å²) in [5.74, 6) is -3.04. The zero-order chi connectivity index (χ0) is 47.6. The van der Waals surface area contributed by atoms with E-state index in [1.165, 1.54) is 14.2 Å². The topological polar surface area (TPSA) is 184 Å². The number of carbonyl (C=O) groups excluding carboxylic acids is 4. The number of rotatable bonds is 12. The number of hydrogen-bond acceptors (Lipinski definition) is 9. The Kier molecular flexibility index (Phi) is 12.1. The minimum absolute atomic E-state index is 0.124. The van der Waals surface area contributed by atoms with Gasteiger partial charge in [-0.05, 0) is 95.0 Å². The van der Waals surface area contributed by atoms with Crippen LogP contribution >= 0.6 is 0 Å². The van der Waals surface area contributed by atoms with Crippen LogP contribution in [0.15, 0.2) is 60.8 Å². The van der Waals surface area contributed by atoms with Crippen LogP contribution in [0.25, 0.3) is 44.5 Å². The fourth-order valence-electron chi connectivity index (χ4n) is 10.5. The van der Waals surface area contributed by atoms with Crippen molar-refractivity contribution in [1.29, 1.82) is 0 Å². The highest BCUT2D eigenvalue weighted by atomic mass is 19.3. The number of alkyl carbamates (subject to hydrolysis) is 2. The number of amides is 4. The van der Waals surface area contributed by atoms with E-state index in [1.807, 2.05) is 49.1 Å². The van der Waals surface area contributed by atoms with Gasteiger partial charge in [-0.2, -0.15) is 0 Å². The summed E-state index contributed by atoms with van der Waals surface area (Å²) in [6.45, 7) is 10.7. The summed E-state index contributed by atoms with van der Waals surface area (Å²) >= 11 is 0. The average Bonchev–Trinajstić information content (AvgIpc) is 3.84. The molecule has 17 heteroatoms. The van der Waals surface area contributed by atoms with Gasteiger partial charge in [0.05, 0.1) is 68.0 Å². The Morgan fingerprint density at radius 1 is 0.821 bits per heavy atom. The van der Waals surface area contributed by atoms with Crippen molar-refractivity contribution in [3.63, 3.8) is 0 Å². The lowest BCUT2D eigenvalue weighted by Crippen LogP contribution is -2.52. The number of H-pyrrole nitrogens is 2. The number of imidazole rings is 2. The van der Waals surface area contributed by atoms with Gasteiger partial charge in [0.2, 0.25) is 11.8 Å². The van der Waals surface area contributed by atoms with E-state index in [4.69, 9.17) is 14.5 Å². The van der Waals surface area contributed by atoms with Gasteiger partial charge in [-0.25, -0.2) is 28.3 Å². The van der Waals surface area contributed by atoms with Crippen LogP contribution in [-0.2, 0) is 23.8 Å². The number of nitrogens with zero attached hydrogens (tertiary/aromatic N) is 4. The van der Waals surface area contributed by atoms with Crippen molar-refractivity contribution in [2.45, 2.75) is 116 Å². The molecule has 2 aromatic heterocycles. The van der Waals surface area contributed by atoms with Crippen molar-refractivity contribution in [2.75, 3.05) is 20.8 Å². The van der Waals surface area contributed by atoms with Crippen LogP contribution in [0.4, 0.5) is 18.4 Å². The molecular weight excluding hydrogens is 863 g/mol. The van der Waals surface area contributed by atoms with Crippen LogP contribution in [-0.4, -0.2) is 98.5 Å². The van der Waals surface area contributed by atoms with E-state index >= 15 is 0 Å². The van der Waals surface area contributed by atoms with E-state index in [2.05, 4.69) is 68.4 Å². The van der Waals surface area contributed by atoms with Gasteiger partial charge < -0.3 is 44.6 Å². The van der Waals surface area contributed by atoms with Crippen LogP contribution in [0.1, 0.15) is 114 Å². The van der Waals surface area contributed by atoms with Crippen molar-refractivity contribution in [1.82, 2.24) is 40.4 Å². The minimum atomic E-state index is -3.14. The second-order valence-corrected chi connectivity index (χ2v) is 19.1. The molecule has 5 aromatic rings. The molecule has 4 N–H and O–H groups in total. The summed E-state index contributed by atoms with van der Waals surface area (Å²) in [5.41, 5.74) is 9.39. The van der Waals surface area contributed by atoms with E-state index in [0.717, 1.165) is 80.0 Å². The monoisotopic (exact) mass is 920 g/mol. The molecule has 0 radical (unpaired) electrons. The number of aromatic amines is 2. The number of carbonyl (C=O) groups is 4. The highest BCUT2D eigenvalue weighted by Gasteiger charge is 2.56. The summed E-state index contributed by atoms with van der Waals surface area (Å²) in [6, 6.07) is 15.5. The highest BCUT2D eigenvalue weighted by molar-refractivity contribution is 5.89. The Balaban J connectivity index is 0.974. The molecule has 1 saturated carbocycles. The first-order valence-electron chi connectivity index (χ1n) is 23.2. The smallest absolute Gasteiger partial charge is 0.407 e. The summed E-state index contributed by atoms with van der Waals surface area (Å²) in [4.78, 5) is 71.2. The van der Waals surface area contributed by atoms with Crippen molar-refractivity contribution in [2.24, 2.45) is 17.8 Å². The third kappa shape index (κ3) is 8.50. The zero-order valence-electron chi connectivity index (χ0n) is 39.0. The lowest BCUT2D eigenvalue weighted by atomic mass is 9.86. The molecule has 15 nitrogen and oxygen atoms in total. The molecule has 8 atom stereocenters. The quantitative estimate of drug-likeness (QED) is 0.0948. The van der Waals surface area contributed by atoms with Gasteiger partial charge in [0.15, 0.2) is 0 Å². The molecule has 0 bridgehead atoms. The first-order valence-corrected chi connectivity index (χ1v) is 23.2. The number of alkyl halides is 2. The Hall–Kier alpha value is -6.36. The summed E-state index contributed by atoms with van der Waals surface area (Å²) in [7, 11) is 2.47. The maximum absolute atomic E-state index is 15.0. The molecular formula is C50H58F2N8O7. The number of fused-ring (bicyclic) bond motifs is 3. The Morgan fingerprint density at radius 3 is 2.09 bits per heavy atom. The zero-order valence-corrected chi connectivity index (χ0v) is 39.0. The first kappa shape index (κ1) is 45.8. The second kappa shape index (κ2) is 17.7. The van der Waals surface area contributed by atoms with E-state index in [0.29, 0.717) is 11.6 Å². The molecule has 67 heavy (non-hydrogen) atoms.